The molecule has 0 spiro atoms. The minimum Gasteiger partial charge on any atom is -0.312 e. The van der Waals surface area contributed by atoms with Crippen LogP contribution in [0.5, 0.6) is 0 Å². The Kier molecular flexibility index (Phi) is 6.03. The molecule has 7 nitrogen and oxygen atoms in total. The van der Waals surface area contributed by atoms with E-state index in [1.165, 1.54) is 42.5 Å². The van der Waals surface area contributed by atoms with Crippen molar-refractivity contribution in [2.45, 2.75) is 4.90 Å². The van der Waals surface area contributed by atoms with Crippen molar-refractivity contribution < 1.29 is 22.3 Å². The number of carbonyl (C=O) groups is 1. The Morgan fingerprint density at radius 1 is 0.857 bits per heavy atom. The van der Waals surface area contributed by atoms with Crippen LogP contribution in [0.3, 0.4) is 0 Å². The maximum atomic E-state index is 12.0. The van der Waals surface area contributed by atoms with E-state index >= 15 is 0 Å². The molecule has 0 heterocycles. The summed E-state index contributed by atoms with van der Waals surface area (Å²) in [4.78, 5) is 16.8. The lowest BCUT2D eigenvalue weighted by Crippen LogP contribution is -2.07. The molecule has 2 aromatic carbocycles. The van der Waals surface area contributed by atoms with Crippen molar-refractivity contribution in [3.63, 3.8) is 0 Å². The molecule has 1 aliphatic carbocycles. The van der Waals surface area contributed by atoms with E-state index in [0.29, 0.717) is 10.7 Å². The molecule has 0 amide bonds. The van der Waals surface area contributed by atoms with E-state index in [1.54, 1.807) is 36.4 Å². The van der Waals surface area contributed by atoms with E-state index in [4.69, 9.17) is 16.4 Å². The summed E-state index contributed by atoms with van der Waals surface area (Å²) in [6.45, 7) is 0. The molecule has 0 aromatic heterocycles. The second-order valence-electron chi connectivity index (χ2n) is 5.43. The van der Waals surface area contributed by atoms with Crippen molar-refractivity contribution in [2.24, 2.45) is 10.3 Å². The number of hydrogen-bond acceptors (Lipinski definition) is 7. The second-order valence-corrected chi connectivity index (χ2v) is 7.39. The second kappa shape index (κ2) is 8.64. The minimum absolute atomic E-state index is 0.00158. The van der Waals surface area contributed by atoms with Gasteiger partial charge in [-0.25, -0.2) is 4.79 Å². The zero-order valence-corrected chi connectivity index (χ0v) is 15.8. The molecule has 0 atom stereocenters. The highest BCUT2D eigenvalue weighted by molar-refractivity contribution is 7.86. The first kappa shape index (κ1) is 19.5. The first-order valence-electron chi connectivity index (χ1n) is 7.92. The molecule has 0 N–H and O–H groups in total. The van der Waals surface area contributed by atoms with E-state index in [-0.39, 0.29) is 16.2 Å². The Labute approximate surface area is 166 Å². The van der Waals surface area contributed by atoms with Gasteiger partial charge >= 0.3 is 16.1 Å². The van der Waals surface area contributed by atoms with E-state index in [1.807, 2.05) is 0 Å². The van der Waals surface area contributed by atoms with Crippen LogP contribution in [-0.4, -0.2) is 25.8 Å². The van der Waals surface area contributed by atoms with Crippen LogP contribution in [-0.2, 0) is 19.2 Å². The molecule has 0 radical (unpaired) electrons. The van der Waals surface area contributed by atoms with Gasteiger partial charge in [-0.15, -0.1) is 0 Å². The van der Waals surface area contributed by atoms with Crippen LogP contribution < -0.4 is 0 Å². The van der Waals surface area contributed by atoms with Gasteiger partial charge in [-0.1, -0.05) is 46.2 Å². The van der Waals surface area contributed by atoms with Gasteiger partial charge < -0.3 is 4.84 Å². The molecular formula is C19H13ClN2O5S. The van der Waals surface area contributed by atoms with Crippen molar-refractivity contribution in [1.82, 2.24) is 0 Å². The highest BCUT2D eigenvalue weighted by Gasteiger charge is 2.15. The molecule has 0 saturated carbocycles. The molecule has 2 aromatic rings. The maximum absolute atomic E-state index is 12.0. The van der Waals surface area contributed by atoms with Crippen LogP contribution in [0.1, 0.15) is 10.4 Å². The van der Waals surface area contributed by atoms with Gasteiger partial charge in [0.1, 0.15) is 16.3 Å². The summed E-state index contributed by atoms with van der Waals surface area (Å²) < 4.78 is 28.7. The summed E-state index contributed by atoms with van der Waals surface area (Å²) in [6.07, 6.45) is 5.91. The maximum Gasteiger partial charge on any atom is 0.365 e. The lowest BCUT2D eigenvalue weighted by molar-refractivity contribution is 0.0517. The van der Waals surface area contributed by atoms with E-state index in [9.17, 15) is 13.2 Å². The molecule has 0 unspecified atom stereocenters. The summed E-state index contributed by atoms with van der Waals surface area (Å²) in [5.41, 5.74) is 0.849. The van der Waals surface area contributed by atoms with Gasteiger partial charge in [0.25, 0.3) is 0 Å². The molecule has 0 aliphatic heterocycles. The van der Waals surface area contributed by atoms with Crippen molar-refractivity contribution in [3.05, 3.63) is 89.5 Å². The lowest BCUT2D eigenvalue weighted by Gasteiger charge is -2.04. The standard InChI is InChI=1S/C19H13ClN2O5S/c20-15-6-4-5-14(13-15)19(23)26-21-16-9-11-17(12-10-16)22-27-28(24,25)18-7-2-1-3-8-18/h1-13H. The fourth-order valence-corrected chi connectivity index (χ4v) is 3.01. The number of halogens is 1. The number of nitrogens with zero attached hydrogens (tertiary/aromatic N) is 2. The molecule has 1 aliphatic rings. The SMILES string of the molecule is O=C(ON=C1C=CC(=NOS(=O)(=O)c2ccccc2)C=C1)c1cccc(Cl)c1. The molecule has 3 rings (SSSR count). The van der Waals surface area contributed by atoms with Crippen LogP contribution in [0.25, 0.3) is 0 Å². The molecule has 9 heteroatoms. The van der Waals surface area contributed by atoms with Crippen LogP contribution in [0.4, 0.5) is 0 Å². The zero-order valence-electron chi connectivity index (χ0n) is 14.2. The highest BCUT2D eigenvalue weighted by Crippen LogP contribution is 2.13. The monoisotopic (exact) mass is 416 g/mol. The van der Waals surface area contributed by atoms with Crippen molar-refractivity contribution in [2.75, 3.05) is 0 Å². The first-order chi connectivity index (χ1) is 13.4. The zero-order chi connectivity index (χ0) is 20.0. The third-order valence-corrected chi connectivity index (χ3v) is 4.77. The first-order valence-corrected chi connectivity index (χ1v) is 9.70. The molecule has 142 valence electrons. The van der Waals surface area contributed by atoms with Gasteiger partial charge in [-0.2, -0.15) is 8.42 Å². The third-order valence-electron chi connectivity index (χ3n) is 3.42. The Morgan fingerprint density at radius 2 is 1.50 bits per heavy atom. The lowest BCUT2D eigenvalue weighted by atomic mass is 10.1. The van der Waals surface area contributed by atoms with Crippen molar-refractivity contribution >= 4 is 39.1 Å². The minimum atomic E-state index is -3.99. The normalized spacial score (nSPS) is 13.2. The largest absolute Gasteiger partial charge is 0.365 e. The van der Waals surface area contributed by atoms with E-state index < -0.39 is 16.1 Å². The molecule has 0 saturated heterocycles. The average Bonchev–Trinajstić information content (AvgIpc) is 2.72. The fourth-order valence-electron chi connectivity index (χ4n) is 2.06. The van der Waals surface area contributed by atoms with Gasteiger partial charge in [0, 0.05) is 5.02 Å². The summed E-state index contributed by atoms with van der Waals surface area (Å²) in [6, 6.07) is 13.9. The Morgan fingerprint density at radius 3 is 2.14 bits per heavy atom. The molecule has 0 fully saturated rings. The van der Waals surface area contributed by atoms with Crippen LogP contribution >= 0.6 is 11.6 Å². The fraction of sp³-hybridized carbons (Fsp3) is 0. The van der Waals surface area contributed by atoms with Crippen molar-refractivity contribution in [1.29, 1.82) is 0 Å². The van der Waals surface area contributed by atoms with Crippen molar-refractivity contribution in [3.8, 4) is 0 Å². The van der Waals surface area contributed by atoms with E-state index in [2.05, 4.69) is 14.6 Å². The number of hydrogen-bond donors (Lipinski definition) is 0. The van der Waals surface area contributed by atoms with Crippen LogP contribution in [0, 0.1) is 0 Å². The quantitative estimate of drug-likeness (QED) is 0.420. The predicted molar refractivity (Wildman–Crippen MR) is 105 cm³/mol. The molecule has 0 bridgehead atoms. The Hall–Kier alpha value is -3.23. The summed E-state index contributed by atoms with van der Waals surface area (Å²) in [7, 11) is -3.99. The van der Waals surface area contributed by atoms with Gasteiger partial charge in [0.2, 0.25) is 0 Å². The van der Waals surface area contributed by atoms with E-state index in [0.717, 1.165) is 0 Å². The smallest absolute Gasteiger partial charge is 0.312 e. The molecule has 28 heavy (non-hydrogen) atoms. The highest BCUT2D eigenvalue weighted by atomic mass is 35.5. The Balaban J connectivity index is 1.61. The Bertz CT molecular complexity index is 1090. The van der Waals surface area contributed by atoms with Gasteiger partial charge in [0.05, 0.1) is 5.56 Å². The predicted octanol–water partition coefficient (Wildman–Crippen LogP) is 3.74. The van der Waals surface area contributed by atoms with Crippen LogP contribution in [0.2, 0.25) is 5.02 Å². The van der Waals surface area contributed by atoms with Gasteiger partial charge in [0.15, 0.2) is 0 Å². The topological polar surface area (TPSA) is 94.4 Å². The number of allylic oxidation sites excluding steroid dienone is 4. The van der Waals surface area contributed by atoms with Gasteiger partial charge in [-0.05, 0) is 54.6 Å². The average molecular weight is 417 g/mol. The summed E-state index contributed by atoms with van der Waals surface area (Å²) in [5, 5.41) is 7.72. The summed E-state index contributed by atoms with van der Waals surface area (Å²) >= 11 is 5.82. The summed E-state index contributed by atoms with van der Waals surface area (Å²) in [5.74, 6) is -0.659. The number of rotatable bonds is 5. The van der Waals surface area contributed by atoms with Crippen LogP contribution in [0.15, 0.2) is 94.1 Å². The third kappa shape index (κ3) is 5.15. The molecular weight excluding hydrogens is 404 g/mol. The van der Waals surface area contributed by atoms with Gasteiger partial charge in [-0.3, -0.25) is 4.28 Å². The number of carbonyl (C=O) groups excluding carboxylic acids is 1. The number of oxime groups is 2. The number of benzene rings is 2.